The van der Waals surface area contributed by atoms with E-state index in [1.54, 1.807) is 6.92 Å². The molecule has 0 bridgehead atoms. The van der Waals surface area contributed by atoms with Crippen LogP contribution in [0.25, 0.3) is 11.5 Å². The Labute approximate surface area is 105 Å². The summed E-state index contributed by atoms with van der Waals surface area (Å²) in [4.78, 5) is 14.8. The highest BCUT2D eigenvalue weighted by Crippen LogP contribution is 2.26. The van der Waals surface area contributed by atoms with Crippen molar-refractivity contribution in [2.75, 3.05) is 0 Å². The fraction of sp³-hybridized carbons (Fsp3) is 0.0909. The number of carboxylic acid groups (broad SMARTS) is 1. The molecule has 1 heterocycles. The number of benzene rings is 1. The predicted molar refractivity (Wildman–Crippen MR) is 66.4 cm³/mol. The Bertz CT molecular complexity index is 548. The molecule has 0 aliphatic carbocycles. The van der Waals surface area contributed by atoms with Crippen molar-refractivity contribution in [2.24, 2.45) is 0 Å². The first-order valence-electron chi connectivity index (χ1n) is 4.55. The Hall–Kier alpha value is -1.37. The first-order chi connectivity index (χ1) is 7.59. The molecule has 16 heavy (non-hydrogen) atoms. The number of hydrogen-bond acceptors (Lipinski definition) is 3. The summed E-state index contributed by atoms with van der Waals surface area (Å²) < 4.78 is 6.32. The van der Waals surface area contributed by atoms with Gasteiger partial charge in [-0.1, -0.05) is 12.1 Å². The molecular formula is C11H8INO3. The van der Waals surface area contributed by atoms with E-state index in [9.17, 15) is 4.79 Å². The summed E-state index contributed by atoms with van der Waals surface area (Å²) in [6.07, 6.45) is 0. The molecule has 0 amide bonds. The molecule has 0 saturated carbocycles. The zero-order valence-electron chi connectivity index (χ0n) is 8.40. The highest BCUT2D eigenvalue weighted by molar-refractivity contribution is 14.1. The Morgan fingerprint density at radius 3 is 2.69 bits per heavy atom. The fourth-order valence-corrected chi connectivity index (χ4v) is 1.96. The summed E-state index contributed by atoms with van der Waals surface area (Å²) in [7, 11) is 0. The molecule has 2 aromatic rings. The van der Waals surface area contributed by atoms with Gasteiger partial charge in [-0.05, 0) is 41.6 Å². The molecule has 4 nitrogen and oxygen atoms in total. The number of aromatic nitrogens is 1. The first-order valence-corrected chi connectivity index (χ1v) is 5.63. The van der Waals surface area contributed by atoms with Crippen molar-refractivity contribution < 1.29 is 14.3 Å². The number of hydrogen-bond donors (Lipinski definition) is 1. The number of halogens is 1. The van der Waals surface area contributed by atoms with Crippen molar-refractivity contribution in [2.45, 2.75) is 6.92 Å². The van der Waals surface area contributed by atoms with Crippen LogP contribution in [0.15, 0.2) is 28.7 Å². The average Bonchev–Trinajstić information content (AvgIpc) is 2.61. The topological polar surface area (TPSA) is 63.3 Å². The number of nitrogens with zero attached hydrogens (tertiary/aromatic N) is 1. The molecule has 0 fully saturated rings. The number of carbonyl (C=O) groups is 1. The number of carboxylic acids is 1. The first kappa shape index (κ1) is 11.1. The van der Waals surface area contributed by atoms with Gasteiger partial charge in [0, 0.05) is 3.57 Å². The lowest BCUT2D eigenvalue weighted by Crippen LogP contribution is -1.98. The lowest BCUT2D eigenvalue weighted by Gasteiger charge is -1.97. The van der Waals surface area contributed by atoms with Crippen molar-refractivity contribution in [1.82, 2.24) is 4.98 Å². The van der Waals surface area contributed by atoms with Gasteiger partial charge in [0.15, 0.2) is 5.69 Å². The minimum atomic E-state index is -1.07. The van der Waals surface area contributed by atoms with Crippen molar-refractivity contribution in [3.05, 3.63) is 39.3 Å². The van der Waals surface area contributed by atoms with E-state index in [4.69, 9.17) is 9.52 Å². The largest absolute Gasteiger partial charge is 0.476 e. The molecular weight excluding hydrogens is 321 g/mol. The molecule has 1 aromatic carbocycles. The fourth-order valence-electron chi connectivity index (χ4n) is 1.34. The number of aromatic carboxylic acids is 1. The van der Waals surface area contributed by atoms with Crippen LogP contribution in [0, 0.1) is 10.5 Å². The van der Waals surface area contributed by atoms with Crippen molar-refractivity contribution in [3.63, 3.8) is 0 Å². The van der Waals surface area contributed by atoms with Crippen LogP contribution in [0.2, 0.25) is 0 Å². The molecule has 0 spiro atoms. The highest BCUT2D eigenvalue weighted by atomic mass is 127. The summed E-state index contributed by atoms with van der Waals surface area (Å²) in [6, 6.07) is 7.52. The van der Waals surface area contributed by atoms with E-state index in [-0.39, 0.29) is 5.69 Å². The van der Waals surface area contributed by atoms with Gasteiger partial charge in [-0.2, -0.15) is 0 Å². The summed E-state index contributed by atoms with van der Waals surface area (Å²) in [5.74, 6) is -0.402. The van der Waals surface area contributed by atoms with Crippen LogP contribution in [0.4, 0.5) is 0 Å². The lowest BCUT2D eigenvalue weighted by molar-refractivity contribution is 0.0689. The quantitative estimate of drug-likeness (QED) is 0.861. The molecule has 0 saturated heterocycles. The van der Waals surface area contributed by atoms with Gasteiger partial charge in [0.05, 0.1) is 5.56 Å². The van der Waals surface area contributed by atoms with Crippen LogP contribution in [0.1, 0.15) is 16.2 Å². The summed E-state index contributed by atoms with van der Waals surface area (Å²) in [5.41, 5.74) is 0.772. The van der Waals surface area contributed by atoms with Crippen LogP contribution in [-0.4, -0.2) is 16.1 Å². The molecule has 1 N–H and O–H groups in total. The Morgan fingerprint density at radius 2 is 2.12 bits per heavy atom. The number of oxazole rings is 1. The van der Waals surface area contributed by atoms with Crippen molar-refractivity contribution in [3.8, 4) is 11.5 Å². The van der Waals surface area contributed by atoms with E-state index in [0.717, 1.165) is 9.13 Å². The Morgan fingerprint density at radius 1 is 1.44 bits per heavy atom. The van der Waals surface area contributed by atoms with Crippen LogP contribution < -0.4 is 0 Å². The molecule has 0 unspecified atom stereocenters. The van der Waals surface area contributed by atoms with Crippen LogP contribution >= 0.6 is 22.6 Å². The van der Waals surface area contributed by atoms with E-state index in [1.165, 1.54) is 0 Å². The molecule has 0 radical (unpaired) electrons. The van der Waals surface area contributed by atoms with E-state index in [2.05, 4.69) is 27.6 Å². The second-order valence-electron chi connectivity index (χ2n) is 3.21. The SMILES string of the molecule is Cc1oc(-c2ccccc2I)nc1C(=O)O. The monoisotopic (exact) mass is 329 g/mol. The van der Waals surface area contributed by atoms with Crippen LogP contribution in [0.5, 0.6) is 0 Å². The van der Waals surface area contributed by atoms with Gasteiger partial charge in [-0.15, -0.1) is 0 Å². The maximum atomic E-state index is 10.8. The maximum Gasteiger partial charge on any atom is 0.358 e. The van der Waals surface area contributed by atoms with E-state index in [1.807, 2.05) is 24.3 Å². The Kier molecular flexibility index (Phi) is 2.95. The summed E-state index contributed by atoms with van der Waals surface area (Å²) in [5, 5.41) is 8.87. The van der Waals surface area contributed by atoms with Crippen LogP contribution in [-0.2, 0) is 0 Å². The van der Waals surface area contributed by atoms with Gasteiger partial charge in [0.2, 0.25) is 5.89 Å². The normalized spacial score (nSPS) is 10.4. The zero-order chi connectivity index (χ0) is 11.7. The van der Waals surface area contributed by atoms with E-state index >= 15 is 0 Å². The third kappa shape index (κ3) is 1.95. The third-order valence-corrected chi connectivity index (χ3v) is 3.04. The van der Waals surface area contributed by atoms with Gasteiger partial charge in [0.1, 0.15) is 5.76 Å². The average molecular weight is 329 g/mol. The molecule has 0 aliphatic heterocycles. The van der Waals surface area contributed by atoms with Gasteiger partial charge >= 0.3 is 5.97 Å². The molecule has 82 valence electrons. The second kappa shape index (κ2) is 4.25. The predicted octanol–water partition coefficient (Wildman–Crippen LogP) is 2.95. The van der Waals surface area contributed by atoms with Gasteiger partial charge in [0.25, 0.3) is 0 Å². The van der Waals surface area contributed by atoms with Gasteiger partial charge < -0.3 is 9.52 Å². The highest BCUT2D eigenvalue weighted by Gasteiger charge is 2.17. The molecule has 1 aromatic heterocycles. The van der Waals surface area contributed by atoms with Gasteiger partial charge in [-0.25, -0.2) is 9.78 Å². The van der Waals surface area contributed by atoms with Crippen molar-refractivity contribution >= 4 is 28.6 Å². The van der Waals surface area contributed by atoms with E-state index < -0.39 is 5.97 Å². The standard InChI is InChI=1S/C11H8INO3/c1-6-9(11(14)15)13-10(16-6)7-4-2-3-5-8(7)12/h2-5H,1H3,(H,14,15). The lowest BCUT2D eigenvalue weighted by atomic mass is 10.2. The minimum absolute atomic E-state index is 0.0327. The van der Waals surface area contributed by atoms with Crippen LogP contribution in [0.3, 0.4) is 0 Å². The number of rotatable bonds is 2. The molecule has 0 atom stereocenters. The molecule has 5 heteroatoms. The third-order valence-electron chi connectivity index (χ3n) is 2.10. The minimum Gasteiger partial charge on any atom is -0.476 e. The van der Waals surface area contributed by atoms with E-state index in [0.29, 0.717) is 11.7 Å². The zero-order valence-corrected chi connectivity index (χ0v) is 10.6. The van der Waals surface area contributed by atoms with Gasteiger partial charge in [-0.3, -0.25) is 0 Å². The number of aryl methyl sites for hydroxylation is 1. The second-order valence-corrected chi connectivity index (χ2v) is 4.37. The molecule has 0 aliphatic rings. The smallest absolute Gasteiger partial charge is 0.358 e. The molecule has 2 rings (SSSR count). The summed E-state index contributed by atoms with van der Waals surface area (Å²) in [6.45, 7) is 1.59. The summed E-state index contributed by atoms with van der Waals surface area (Å²) >= 11 is 2.15. The Balaban J connectivity index is 2.54. The van der Waals surface area contributed by atoms with Crippen molar-refractivity contribution in [1.29, 1.82) is 0 Å². The maximum absolute atomic E-state index is 10.8.